The first-order valence-corrected chi connectivity index (χ1v) is 9.26. The van der Waals surface area contributed by atoms with Crippen LogP contribution in [0, 0.1) is 17.2 Å². The van der Waals surface area contributed by atoms with Crippen LogP contribution in [0.3, 0.4) is 0 Å². The second kappa shape index (κ2) is 7.37. The molecule has 30 heavy (non-hydrogen) atoms. The SMILES string of the molecule is N#Cc1ccc2c(c1)Oc1ccccc1C2NC(=O)C1CCC(C(F)(F)F)NC1=O. The molecular weight excluding hydrogens is 399 g/mol. The summed E-state index contributed by atoms with van der Waals surface area (Å²) in [5, 5.41) is 13.8. The Morgan fingerprint density at radius 1 is 1.13 bits per heavy atom. The number of amides is 2. The van der Waals surface area contributed by atoms with Crippen LogP contribution in [0.15, 0.2) is 42.5 Å². The fourth-order valence-corrected chi connectivity index (χ4v) is 3.73. The molecule has 1 saturated heterocycles. The average Bonchev–Trinajstić information content (AvgIpc) is 2.72. The van der Waals surface area contributed by atoms with E-state index in [1.165, 1.54) is 0 Å². The molecule has 1 fully saturated rings. The number of ether oxygens (including phenoxy) is 1. The van der Waals surface area contributed by atoms with Crippen LogP contribution in [0.5, 0.6) is 11.5 Å². The van der Waals surface area contributed by atoms with Crippen LogP contribution >= 0.6 is 0 Å². The first-order chi connectivity index (χ1) is 14.3. The molecule has 2 heterocycles. The summed E-state index contributed by atoms with van der Waals surface area (Å²) >= 11 is 0. The molecule has 2 aromatic carbocycles. The maximum absolute atomic E-state index is 12.9. The number of para-hydroxylation sites is 1. The number of rotatable bonds is 2. The van der Waals surface area contributed by atoms with Gasteiger partial charge in [0.15, 0.2) is 0 Å². The molecule has 4 rings (SSSR count). The Hall–Kier alpha value is -3.54. The number of nitrogens with one attached hydrogen (secondary N) is 2. The number of halogens is 3. The first kappa shape index (κ1) is 19.8. The Morgan fingerprint density at radius 2 is 1.87 bits per heavy atom. The topological polar surface area (TPSA) is 91.2 Å². The second-order valence-corrected chi connectivity index (χ2v) is 7.18. The number of nitrogens with zero attached hydrogens (tertiary/aromatic N) is 1. The van der Waals surface area contributed by atoms with Gasteiger partial charge >= 0.3 is 6.18 Å². The summed E-state index contributed by atoms with van der Waals surface area (Å²) in [5.41, 5.74) is 1.61. The molecule has 154 valence electrons. The third kappa shape index (κ3) is 3.56. The van der Waals surface area contributed by atoms with Gasteiger partial charge in [-0.05, 0) is 31.0 Å². The van der Waals surface area contributed by atoms with Crippen molar-refractivity contribution in [2.75, 3.05) is 0 Å². The standard InChI is InChI=1S/C21H16F3N3O3/c22-21(23,24)17-8-7-14(19(28)26-17)20(29)27-18-12-3-1-2-4-15(12)30-16-9-11(10-25)5-6-13(16)18/h1-6,9,14,17-18H,7-8H2,(H,26,28)(H,27,29). The van der Waals surface area contributed by atoms with Crippen molar-refractivity contribution in [3.8, 4) is 17.6 Å². The van der Waals surface area contributed by atoms with Crippen molar-refractivity contribution in [1.29, 1.82) is 5.26 Å². The molecule has 0 aromatic heterocycles. The lowest BCUT2D eigenvalue weighted by Gasteiger charge is -2.32. The zero-order chi connectivity index (χ0) is 21.5. The lowest BCUT2D eigenvalue weighted by atomic mass is 9.90. The van der Waals surface area contributed by atoms with Crippen LogP contribution in [-0.4, -0.2) is 24.0 Å². The maximum Gasteiger partial charge on any atom is 0.408 e. The van der Waals surface area contributed by atoms with Gasteiger partial charge in [-0.2, -0.15) is 18.4 Å². The minimum absolute atomic E-state index is 0.201. The summed E-state index contributed by atoms with van der Waals surface area (Å²) in [7, 11) is 0. The van der Waals surface area contributed by atoms with Gasteiger partial charge in [0, 0.05) is 11.1 Å². The number of fused-ring (bicyclic) bond motifs is 2. The van der Waals surface area contributed by atoms with Gasteiger partial charge in [-0.3, -0.25) is 9.59 Å². The molecular formula is C21H16F3N3O3. The van der Waals surface area contributed by atoms with Crippen molar-refractivity contribution in [1.82, 2.24) is 10.6 Å². The van der Waals surface area contributed by atoms with E-state index in [0.717, 1.165) is 0 Å². The normalized spacial score (nSPS) is 22.6. The van der Waals surface area contributed by atoms with Gasteiger partial charge in [-0.1, -0.05) is 24.3 Å². The molecule has 3 atom stereocenters. The molecule has 0 saturated carbocycles. The molecule has 0 bridgehead atoms. The fourth-order valence-electron chi connectivity index (χ4n) is 3.73. The van der Waals surface area contributed by atoms with E-state index in [4.69, 9.17) is 10.00 Å². The summed E-state index contributed by atoms with van der Waals surface area (Å²) in [5.74, 6) is -1.95. The highest BCUT2D eigenvalue weighted by Crippen LogP contribution is 2.43. The third-order valence-corrected chi connectivity index (χ3v) is 5.28. The predicted octanol–water partition coefficient (Wildman–Crippen LogP) is 3.33. The van der Waals surface area contributed by atoms with Crippen molar-refractivity contribution in [2.45, 2.75) is 31.1 Å². The smallest absolute Gasteiger partial charge is 0.408 e. The third-order valence-electron chi connectivity index (χ3n) is 5.28. The van der Waals surface area contributed by atoms with E-state index in [2.05, 4.69) is 5.32 Å². The minimum Gasteiger partial charge on any atom is -0.457 e. The van der Waals surface area contributed by atoms with E-state index in [0.29, 0.717) is 28.2 Å². The Kier molecular flexibility index (Phi) is 4.86. The van der Waals surface area contributed by atoms with Crippen molar-refractivity contribution in [3.05, 3.63) is 59.2 Å². The molecule has 2 aliphatic rings. The van der Waals surface area contributed by atoms with Crippen LogP contribution in [-0.2, 0) is 9.59 Å². The van der Waals surface area contributed by atoms with E-state index >= 15 is 0 Å². The van der Waals surface area contributed by atoms with E-state index in [9.17, 15) is 22.8 Å². The molecule has 0 spiro atoms. The maximum atomic E-state index is 12.9. The highest BCUT2D eigenvalue weighted by atomic mass is 19.4. The molecule has 0 aliphatic carbocycles. The summed E-state index contributed by atoms with van der Waals surface area (Å²) in [4.78, 5) is 25.0. The molecule has 2 aromatic rings. The molecule has 9 heteroatoms. The Morgan fingerprint density at radius 3 is 2.57 bits per heavy atom. The van der Waals surface area contributed by atoms with Crippen molar-refractivity contribution < 1.29 is 27.5 Å². The van der Waals surface area contributed by atoms with E-state index in [1.54, 1.807) is 42.5 Å². The minimum atomic E-state index is -4.55. The van der Waals surface area contributed by atoms with Crippen LogP contribution < -0.4 is 15.4 Å². The van der Waals surface area contributed by atoms with Crippen LogP contribution in [0.25, 0.3) is 0 Å². The molecule has 2 aliphatic heterocycles. The van der Waals surface area contributed by atoms with Gasteiger partial charge in [-0.25, -0.2) is 0 Å². The number of benzene rings is 2. The summed E-state index contributed by atoms with van der Waals surface area (Å²) in [6, 6.07) is 11.2. The summed E-state index contributed by atoms with van der Waals surface area (Å²) < 4.78 is 44.4. The van der Waals surface area contributed by atoms with Gasteiger partial charge in [0.1, 0.15) is 23.5 Å². The van der Waals surface area contributed by atoms with E-state index in [-0.39, 0.29) is 12.8 Å². The molecule has 2 amide bonds. The lowest BCUT2D eigenvalue weighted by molar-refractivity contribution is -0.171. The lowest BCUT2D eigenvalue weighted by Crippen LogP contribution is -2.54. The number of carbonyl (C=O) groups is 2. The Labute approximate surface area is 169 Å². The number of carbonyl (C=O) groups excluding carboxylic acids is 2. The van der Waals surface area contributed by atoms with Crippen LogP contribution in [0.1, 0.15) is 35.6 Å². The van der Waals surface area contributed by atoms with Crippen molar-refractivity contribution >= 4 is 11.8 Å². The largest absolute Gasteiger partial charge is 0.457 e. The fraction of sp³-hybridized carbons (Fsp3) is 0.286. The van der Waals surface area contributed by atoms with E-state index < -0.39 is 36.0 Å². The monoisotopic (exact) mass is 415 g/mol. The molecule has 2 N–H and O–H groups in total. The molecule has 6 nitrogen and oxygen atoms in total. The number of hydrogen-bond donors (Lipinski definition) is 2. The Bertz CT molecular complexity index is 1060. The van der Waals surface area contributed by atoms with Gasteiger partial charge < -0.3 is 15.4 Å². The van der Waals surface area contributed by atoms with Gasteiger partial charge in [0.25, 0.3) is 0 Å². The van der Waals surface area contributed by atoms with Crippen LogP contribution in [0.2, 0.25) is 0 Å². The predicted molar refractivity (Wildman–Crippen MR) is 98.4 cm³/mol. The number of alkyl halides is 3. The number of hydrogen-bond acceptors (Lipinski definition) is 4. The van der Waals surface area contributed by atoms with Crippen LogP contribution in [0.4, 0.5) is 13.2 Å². The van der Waals surface area contributed by atoms with Gasteiger partial charge in [0.05, 0.1) is 17.7 Å². The average molecular weight is 415 g/mol. The van der Waals surface area contributed by atoms with Crippen molar-refractivity contribution in [2.24, 2.45) is 5.92 Å². The molecule has 0 radical (unpaired) electrons. The van der Waals surface area contributed by atoms with Gasteiger partial charge in [0.2, 0.25) is 11.8 Å². The first-order valence-electron chi connectivity index (χ1n) is 9.26. The summed E-state index contributed by atoms with van der Waals surface area (Å²) in [6.45, 7) is 0. The van der Waals surface area contributed by atoms with Gasteiger partial charge in [-0.15, -0.1) is 0 Å². The molecule has 3 unspecified atom stereocenters. The second-order valence-electron chi connectivity index (χ2n) is 7.18. The van der Waals surface area contributed by atoms with Crippen molar-refractivity contribution in [3.63, 3.8) is 0 Å². The highest BCUT2D eigenvalue weighted by Gasteiger charge is 2.46. The number of piperidine rings is 1. The highest BCUT2D eigenvalue weighted by molar-refractivity contribution is 6.01. The quantitative estimate of drug-likeness (QED) is 0.737. The zero-order valence-corrected chi connectivity index (χ0v) is 15.5. The van der Waals surface area contributed by atoms with E-state index in [1.807, 2.05) is 11.4 Å². The summed E-state index contributed by atoms with van der Waals surface area (Å²) in [6.07, 6.45) is -5.11. The number of nitriles is 1. The Balaban J connectivity index is 1.60. The zero-order valence-electron chi connectivity index (χ0n) is 15.5.